The van der Waals surface area contributed by atoms with Gasteiger partial charge in [-0.1, -0.05) is 48.0 Å². The number of carbonyl (C=O) groups excluding carboxylic acids is 3. The Kier molecular flexibility index (Phi) is 8.21. The summed E-state index contributed by atoms with van der Waals surface area (Å²) in [7, 11) is 0. The zero-order valence-corrected chi connectivity index (χ0v) is 16.9. The second-order valence-electron chi connectivity index (χ2n) is 6.70. The summed E-state index contributed by atoms with van der Waals surface area (Å²) < 4.78 is 10.5. The summed E-state index contributed by atoms with van der Waals surface area (Å²) in [5, 5.41) is 4.77. The summed E-state index contributed by atoms with van der Waals surface area (Å²) in [4.78, 5) is 35.3. The fourth-order valence-corrected chi connectivity index (χ4v) is 2.84. The van der Waals surface area contributed by atoms with Crippen molar-refractivity contribution >= 4 is 17.9 Å². The molecule has 0 saturated heterocycles. The normalized spacial score (nSPS) is 10.2. The van der Waals surface area contributed by atoms with Crippen molar-refractivity contribution in [3.8, 4) is 5.75 Å². The molecule has 0 aromatic heterocycles. The lowest BCUT2D eigenvalue weighted by atomic mass is 10.1. The van der Waals surface area contributed by atoms with Crippen LogP contribution in [0.3, 0.4) is 0 Å². The first-order valence-corrected chi connectivity index (χ1v) is 9.33. The van der Waals surface area contributed by atoms with E-state index in [4.69, 9.17) is 9.47 Å². The van der Waals surface area contributed by atoms with Gasteiger partial charge in [0.1, 0.15) is 12.4 Å². The summed E-state index contributed by atoms with van der Waals surface area (Å²) >= 11 is 0. The highest BCUT2D eigenvalue weighted by Gasteiger charge is 2.11. The Morgan fingerprint density at radius 1 is 0.966 bits per heavy atom. The Bertz CT molecular complexity index is 842. The Morgan fingerprint density at radius 3 is 2.28 bits per heavy atom. The Hall–Kier alpha value is -3.35. The van der Waals surface area contributed by atoms with E-state index in [1.54, 1.807) is 0 Å². The van der Waals surface area contributed by atoms with Crippen molar-refractivity contribution in [2.75, 3.05) is 13.2 Å². The lowest BCUT2D eigenvalue weighted by molar-refractivity contribution is -0.146. The molecule has 0 radical (unpaired) electrons. The molecule has 29 heavy (non-hydrogen) atoms. The second-order valence-corrected chi connectivity index (χ2v) is 6.70. The number of imide groups is 1. The van der Waals surface area contributed by atoms with Gasteiger partial charge in [-0.05, 0) is 37.5 Å². The van der Waals surface area contributed by atoms with Crippen molar-refractivity contribution in [2.24, 2.45) is 0 Å². The molecule has 0 atom stereocenters. The number of ether oxygens (including phenoxy) is 2. The van der Waals surface area contributed by atoms with Crippen LogP contribution in [-0.2, 0) is 20.9 Å². The average Bonchev–Trinajstić information content (AvgIpc) is 2.66. The second kappa shape index (κ2) is 10.8. The van der Waals surface area contributed by atoms with E-state index in [2.05, 4.69) is 10.6 Å². The molecule has 2 aromatic carbocycles. The number of urea groups is 1. The van der Waals surface area contributed by atoms with Crippen molar-refractivity contribution in [1.82, 2.24) is 10.6 Å². The van der Waals surface area contributed by atoms with Gasteiger partial charge in [0.2, 0.25) is 5.91 Å². The molecule has 2 rings (SSSR count). The Morgan fingerprint density at radius 2 is 1.62 bits per heavy atom. The minimum Gasteiger partial charge on any atom is -0.481 e. The minimum absolute atomic E-state index is 0.118. The monoisotopic (exact) mass is 398 g/mol. The van der Waals surface area contributed by atoms with Gasteiger partial charge in [0.15, 0.2) is 6.61 Å². The van der Waals surface area contributed by atoms with Crippen molar-refractivity contribution < 1.29 is 23.9 Å². The highest BCUT2D eigenvalue weighted by Crippen LogP contribution is 2.24. The van der Waals surface area contributed by atoms with Crippen LogP contribution in [0.25, 0.3) is 0 Å². The van der Waals surface area contributed by atoms with Crippen LogP contribution in [0.1, 0.15) is 28.7 Å². The molecule has 2 aromatic rings. The van der Waals surface area contributed by atoms with E-state index in [0.717, 1.165) is 22.3 Å². The van der Waals surface area contributed by atoms with E-state index >= 15 is 0 Å². The van der Waals surface area contributed by atoms with Gasteiger partial charge < -0.3 is 14.8 Å². The smallest absolute Gasteiger partial charge is 0.344 e. The maximum atomic E-state index is 11.8. The van der Waals surface area contributed by atoms with Gasteiger partial charge in [-0.25, -0.2) is 9.59 Å². The molecule has 0 aliphatic rings. The van der Waals surface area contributed by atoms with E-state index in [0.29, 0.717) is 12.3 Å². The number of esters is 1. The Labute approximate surface area is 170 Å². The number of nitrogens with one attached hydrogen (secondary N) is 2. The van der Waals surface area contributed by atoms with E-state index < -0.39 is 17.9 Å². The van der Waals surface area contributed by atoms with Crippen LogP contribution in [0, 0.1) is 20.8 Å². The molecular formula is C22H26N2O5. The summed E-state index contributed by atoms with van der Waals surface area (Å²) in [5.41, 5.74) is 3.92. The largest absolute Gasteiger partial charge is 0.481 e. The number of rotatable bonds is 8. The van der Waals surface area contributed by atoms with Gasteiger partial charge >= 0.3 is 12.0 Å². The lowest BCUT2D eigenvalue weighted by Crippen LogP contribution is -2.39. The van der Waals surface area contributed by atoms with Crippen LogP contribution in [0.5, 0.6) is 5.75 Å². The van der Waals surface area contributed by atoms with Gasteiger partial charge in [0.05, 0.1) is 6.42 Å². The molecular weight excluding hydrogens is 372 g/mol. The van der Waals surface area contributed by atoms with Crippen LogP contribution in [0.15, 0.2) is 42.5 Å². The van der Waals surface area contributed by atoms with Crippen LogP contribution < -0.4 is 15.4 Å². The first kappa shape index (κ1) is 21.9. The van der Waals surface area contributed by atoms with Crippen molar-refractivity contribution in [3.63, 3.8) is 0 Å². The summed E-state index contributed by atoms with van der Waals surface area (Å²) in [6.07, 6.45) is -0.118. The zero-order valence-electron chi connectivity index (χ0n) is 16.9. The number of hydrogen-bond acceptors (Lipinski definition) is 5. The van der Waals surface area contributed by atoms with E-state index in [1.807, 2.05) is 63.2 Å². The predicted molar refractivity (Wildman–Crippen MR) is 109 cm³/mol. The number of benzene rings is 2. The first-order valence-electron chi connectivity index (χ1n) is 9.33. The van der Waals surface area contributed by atoms with Gasteiger partial charge in [0.25, 0.3) is 0 Å². The lowest BCUT2D eigenvalue weighted by Gasteiger charge is -2.12. The molecule has 3 amide bonds. The molecule has 154 valence electrons. The SMILES string of the molecule is Cc1cc(C)c(OCC(=O)OCCC(=O)NC(=O)NCc2ccccc2)c(C)c1. The van der Waals surface area contributed by atoms with Gasteiger partial charge in [0, 0.05) is 6.54 Å². The first-order chi connectivity index (χ1) is 13.8. The average molecular weight is 398 g/mol. The minimum atomic E-state index is -0.598. The van der Waals surface area contributed by atoms with E-state index in [9.17, 15) is 14.4 Å². The number of aryl methyl sites for hydroxylation is 3. The van der Waals surface area contributed by atoms with E-state index in [1.165, 1.54) is 0 Å². The number of carbonyl (C=O) groups is 3. The third-order valence-corrected chi connectivity index (χ3v) is 4.08. The standard InChI is InChI=1S/C22H26N2O5/c1-15-11-16(2)21(17(3)12-15)29-14-20(26)28-10-9-19(25)24-22(27)23-13-18-7-5-4-6-8-18/h4-8,11-12H,9-10,13-14H2,1-3H3,(H2,23,24,25,27). The molecule has 0 unspecified atom stereocenters. The number of amides is 3. The predicted octanol–water partition coefficient (Wildman–Crippen LogP) is 2.95. The summed E-state index contributed by atoms with van der Waals surface area (Å²) in [6.45, 7) is 5.74. The summed E-state index contributed by atoms with van der Waals surface area (Å²) in [6, 6.07) is 12.7. The third-order valence-electron chi connectivity index (χ3n) is 4.08. The molecule has 0 fully saturated rings. The van der Waals surface area contributed by atoms with Crippen LogP contribution in [0.2, 0.25) is 0 Å². The quantitative estimate of drug-likeness (QED) is 0.667. The third kappa shape index (κ3) is 7.65. The topological polar surface area (TPSA) is 93.7 Å². The fourth-order valence-electron chi connectivity index (χ4n) is 2.84. The van der Waals surface area contributed by atoms with E-state index in [-0.39, 0.29) is 19.6 Å². The highest BCUT2D eigenvalue weighted by molar-refractivity contribution is 5.94. The van der Waals surface area contributed by atoms with Gasteiger partial charge in [-0.3, -0.25) is 10.1 Å². The molecule has 2 N–H and O–H groups in total. The maximum Gasteiger partial charge on any atom is 0.344 e. The summed E-state index contributed by atoms with van der Waals surface area (Å²) in [5.74, 6) is -0.458. The van der Waals surface area contributed by atoms with Gasteiger partial charge in [-0.2, -0.15) is 0 Å². The fraction of sp³-hybridized carbons (Fsp3) is 0.318. The molecule has 7 nitrogen and oxygen atoms in total. The highest BCUT2D eigenvalue weighted by atomic mass is 16.6. The van der Waals surface area contributed by atoms with Crippen molar-refractivity contribution in [2.45, 2.75) is 33.7 Å². The van der Waals surface area contributed by atoms with Crippen molar-refractivity contribution in [1.29, 1.82) is 0 Å². The Balaban J connectivity index is 1.64. The molecule has 0 heterocycles. The van der Waals surface area contributed by atoms with Crippen LogP contribution in [0.4, 0.5) is 4.79 Å². The molecule has 0 aliphatic carbocycles. The zero-order chi connectivity index (χ0) is 21.2. The molecule has 0 saturated carbocycles. The molecule has 0 bridgehead atoms. The molecule has 0 aliphatic heterocycles. The van der Waals surface area contributed by atoms with Crippen LogP contribution >= 0.6 is 0 Å². The maximum absolute atomic E-state index is 11.8. The molecule has 7 heteroatoms. The van der Waals surface area contributed by atoms with Gasteiger partial charge in [-0.15, -0.1) is 0 Å². The molecule has 0 spiro atoms. The van der Waals surface area contributed by atoms with Crippen molar-refractivity contribution in [3.05, 3.63) is 64.7 Å². The van der Waals surface area contributed by atoms with Crippen LogP contribution in [-0.4, -0.2) is 31.1 Å². The number of hydrogen-bond donors (Lipinski definition) is 2.